The summed E-state index contributed by atoms with van der Waals surface area (Å²) >= 11 is 6.39. The number of hydrogen-bond donors (Lipinski definition) is 2. The molecule has 0 spiro atoms. The lowest BCUT2D eigenvalue weighted by Crippen LogP contribution is -2.42. The number of nitrogens with zero attached hydrogens (tertiary/aromatic N) is 1. The lowest BCUT2D eigenvalue weighted by atomic mass is 9.90. The molecule has 0 bridgehead atoms. The number of para-hydroxylation sites is 1. The SMILES string of the molecule is CC(=O)N(Cc1cc(NC(=O)COc2ccccc2)ccc1Cl)C1CCC(N)CC1. The summed E-state index contributed by atoms with van der Waals surface area (Å²) in [5.41, 5.74) is 7.41. The van der Waals surface area contributed by atoms with E-state index in [9.17, 15) is 9.59 Å². The highest BCUT2D eigenvalue weighted by molar-refractivity contribution is 6.31. The number of halogens is 1. The van der Waals surface area contributed by atoms with Crippen LogP contribution < -0.4 is 15.8 Å². The standard InChI is InChI=1S/C23H28ClN3O3/c1-16(28)27(20-10-7-18(25)8-11-20)14-17-13-19(9-12-22(17)24)26-23(29)15-30-21-5-3-2-4-6-21/h2-6,9,12-13,18,20H,7-8,10-11,14-15,25H2,1H3,(H,26,29). The molecule has 0 radical (unpaired) electrons. The van der Waals surface area contributed by atoms with Gasteiger partial charge in [-0.3, -0.25) is 9.59 Å². The van der Waals surface area contributed by atoms with Crippen molar-refractivity contribution < 1.29 is 14.3 Å². The highest BCUT2D eigenvalue weighted by atomic mass is 35.5. The van der Waals surface area contributed by atoms with Gasteiger partial charge in [-0.15, -0.1) is 0 Å². The fourth-order valence-electron chi connectivity index (χ4n) is 3.73. The first kappa shape index (κ1) is 22.1. The topological polar surface area (TPSA) is 84.7 Å². The second-order valence-electron chi connectivity index (χ2n) is 7.67. The fraction of sp³-hybridized carbons (Fsp3) is 0.391. The average molecular weight is 430 g/mol. The molecule has 30 heavy (non-hydrogen) atoms. The number of hydrogen-bond acceptors (Lipinski definition) is 4. The molecule has 0 heterocycles. The van der Waals surface area contributed by atoms with Crippen molar-refractivity contribution in [2.45, 2.75) is 51.2 Å². The van der Waals surface area contributed by atoms with Crippen molar-refractivity contribution in [2.75, 3.05) is 11.9 Å². The lowest BCUT2D eigenvalue weighted by molar-refractivity contribution is -0.132. The van der Waals surface area contributed by atoms with Gasteiger partial charge in [0, 0.05) is 36.3 Å². The Hall–Kier alpha value is -2.57. The van der Waals surface area contributed by atoms with Crippen LogP contribution in [0, 0.1) is 0 Å². The van der Waals surface area contributed by atoms with Crippen molar-refractivity contribution in [1.29, 1.82) is 0 Å². The van der Waals surface area contributed by atoms with Crippen molar-refractivity contribution in [3.8, 4) is 5.75 Å². The van der Waals surface area contributed by atoms with Crippen LogP contribution in [0.3, 0.4) is 0 Å². The van der Waals surface area contributed by atoms with E-state index in [1.165, 1.54) is 0 Å². The van der Waals surface area contributed by atoms with E-state index >= 15 is 0 Å². The quantitative estimate of drug-likeness (QED) is 0.697. The van der Waals surface area contributed by atoms with E-state index in [-0.39, 0.29) is 30.5 Å². The molecule has 0 atom stereocenters. The van der Waals surface area contributed by atoms with Crippen LogP contribution in [0.15, 0.2) is 48.5 Å². The minimum Gasteiger partial charge on any atom is -0.484 e. The number of anilines is 1. The highest BCUT2D eigenvalue weighted by Crippen LogP contribution is 2.27. The summed E-state index contributed by atoms with van der Waals surface area (Å²) < 4.78 is 5.48. The van der Waals surface area contributed by atoms with Crippen molar-refractivity contribution in [2.24, 2.45) is 5.73 Å². The molecule has 1 saturated carbocycles. The van der Waals surface area contributed by atoms with Gasteiger partial charge >= 0.3 is 0 Å². The molecule has 3 N–H and O–H groups in total. The normalized spacial score (nSPS) is 18.5. The predicted molar refractivity (Wildman–Crippen MR) is 118 cm³/mol. The van der Waals surface area contributed by atoms with Crippen molar-refractivity contribution in [1.82, 2.24) is 4.90 Å². The van der Waals surface area contributed by atoms with Crippen LogP contribution in [0.25, 0.3) is 0 Å². The van der Waals surface area contributed by atoms with Gasteiger partial charge in [-0.2, -0.15) is 0 Å². The maximum Gasteiger partial charge on any atom is 0.262 e. The Morgan fingerprint density at radius 1 is 1.13 bits per heavy atom. The lowest BCUT2D eigenvalue weighted by Gasteiger charge is -2.35. The van der Waals surface area contributed by atoms with E-state index in [4.69, 9.17) is 22.1 Å². The van der Waals surface area contributed by atoms with Gasteiger partial charge in [0.15, 0.2) is 6.61 Å². The van der Waals surface area contributed by atoms with Gasteiger partial charge in [0.25, 0.3) is 5.91 Å². The number of amides is 2. The van der Waals surface area contributed by atoms with Gasteiger partial charge in [0.1, 0.15) is 5.75 Å². The number of carbonyl (C=O) groups excluding carboxylic acids is 2. The monoisotopic (exact) mass is 429 g/mol. The maximum atomic E-state index is 12.3. The molecule has 1 fully saturated rings. The third-order valence-corrected chi connectivity index (χ3v) is 5.74. The van der Waals surface area contributed by atoms with Gasteiger partial charge in [-0.05, 0) is 61.6 Å². The fourth-order valence-corrected chi connectivity index (χ4v) is 3.91. The smallest absolute Gasteiger partial charge is 0.262 e. The molecule has 0 aliphatic heterocycles. The molecule has 1 aliphatic carbocycles. The molecule has 0 unspecified atom stereocenters. The summed E-state index contributed by atoms with van der Waals surface area (Å²) in [6.45, 7) is 1.89. The van der Waals surface area contributed by atoms with Gasteiger partial charge < -0.3 is 20.7 Å². The molecule has 0 saturated heterocycles. The second-order valence-corrected chi connectivity index (χ2v) is 8.08. The Balaban J connectivity index is 1.63. The van der Waals surface area contributed by atoms with Crippen LogP contribution in [0.4, 0.5) is 5.69 Å². The molecule has 3 rings (SSSR count). The molecule has 7 heteroatoms. The third-order valence-electron chi connectivity index (χ3n) is 5.37. The van der Waals surface area contributed by atoms with Crippen LogP contribution in [-0.4, -0.2) is 35.4 Å². The molecule has 6 nitrogen and oxygen atoms in total. The maximum absolute atomic E-state index is 12.3. The molecule has 160 valence electrons. The number of ether oxygens (including phenoxy) is 1. The zero-order valence-corrected chi connectivity index (χ0v) is 17.9. The van der Waals surface area contributed by atoms with Crippen LogP contribution in [0.5, 0.6) is 5.75 Å². The van der Waals surface area contributed by atoms with E-state index in [2.05, 4.69) is 5.32 Å². The molecule has 0 aromatic heterocycles. The van der Waals surface area contributed by atoms with E-state index < -0.39 is 0 Å². The summed E-state index contributed by atoms with van der Waals surface area (Å²) in [6.07, 6.45) is 3.62. The predicted octanol–water partition coefficient (Wildman–Crippen LogP) is 3.98. The Labute approximate surface area is 182 Å². The average Bonchev–Trinajstić information content (AvgIpc) is 2.74. The minimum atomic E-state index is -0.267. The minimum absolute atomic E-state index is 0.0113. The molecule has 2 aromatic rings. The van der Waals surface area contributed by atoms with E-state index in [1.807, 2.05) is 29.2 Å². The van der Waals surface area contributed by atoms with E-state index in [0.717, 1.165) is 31.2 Å². The zero-order valence-electron chi connectivity index (χ0n) is 17.1. The van der Waals surface area contributed by atoms with Crippen LogP contribution in [0.1, 0.15) is 38.2 Å². The zero-order chi connectivity index (χ0) is 21.5. The Kier molecular flexibility index (Phi) is 7.71. The van der Waals surface area contributed by atoms with Crippen LogP contribution in [0.2, 0.25) is 5.02 Å². The third kappa shape index (κ3) is 6.21. The number of benzene rings is 2. The summed E-state index contributed by atoms with van der Waals surface area (Å²) in [5, 5.41) is 3.39. The van der Waals surface area contributed by atoms with Crippen molar-refractivity contribution >= 4 is 29.1 Å². The van der Waals surface area contributed by atoms with Gasteiger partial charge in [-0.1, -0.05) is 29.8 Å². The van der Waals surface area contributed by atoms with Crippen molar-refractivity contribution in [3.05, 3.63) is 59.1 Å². The van der Waals surface area contributed by atoms with Crippen LogP contribution in [-0.2, 0) is 16.1 Å². The number of nitrogens with one attached hydrogen (secondary N) is 1. The highest BCUT2D eigenvalue weighted by Gasteiger charge is 2.26. The molecular formula is C23H28ClN3O3. The molecular weight excluding hydrogens is 402 g/mol. The second kappa shape index (κ2) is 10.5. The number of carbonyl (C=O) groups is 2. The Bertz CT molecular complexity index is 867. The summed E-state index contributed by atoms with van der Waals surface area (Å²) in [5.74, 6) is 0.378. The molecule has 2 aromatic carbocycles. The molecule has 1 aliphatic rings. The summed E-state index contributed by atoms with van der Waals surface area (Å²) in [6, 6.07) is 14.8. The van der Waals surface area contributed by atoms with E-state index in [0.29, 0.717) is 23.0 Å². The molecule has 2 amide bonds. The number of nitrogens with two attached hydrogens (primary N) is 1. The van der Waals surface area contributed by atoms with Gasteiger partial charge in [0.05, 0.1) is 0 Å². The Morgan fingerprint density at radius 2 is 1.83 bits per heavy atom. The first-order chi connectivity index (χ1) is 14.4. The summed E-state index contributed by atoms with van der Waals surface area (Å²) in [7, 11) is 0. The van der Waals surface area contributed by atoms with E-state index in [1.54, 1.807) is 31.2 Å². The first-order valence-electron chi connectivity index (χ1n) is 10.2. The largest absolute Gasteiger partial charge is 0.484 e. The Morgan fingerprint density at radius 3 is 2.50 bits per heavy atom. The summed E-state index contributed by atoms with van der Waals surface area (Å²) in [4.78, 5) is 26.4. The number of rotatable bonds is 7. The van der Waals surface area contributed by atoms with Crippen LogP contribution >= 0.6 is 11.6 Å². The van der Waals surface area contributed by atoms with Gasteiger partial charge in [0.2, 0.25) is 5.91 Å². The first-order valence-corrected chi connectivity index (χ1v) is 10.6. The van der Waals surface area contributed by atoms with Crippen molar-refractivity contribution in [3.63, 3.8) is 0 Å². The van der Waals surface area contributed by atoms with Gasteiger partial charge in [-0.25, -0.2) is 0 Å².